The molecule has 30 heavy (non-hydrogen) atoms. The lowest BCUT2D eigenvalue weighted by Crippen LogP contribution is -2.27. The van der Waals surface area contributed by atoms with Crippen molar-refractivity contribution in [2.75, 3.05) is 32.5 Å². The summed E-state index contributed by atoms with van der Waals surface area (Å²) in [5.41, 5.74) is 5.27. The lowest BCUT2D eigenvalue weighted by atomic mass is 10.2. The molecule has 0 saturated carbocycles. The van der Waals surface area contributed by atoms with Crippen LogP contribution in [0.5, 0.6) is 11.5 Å². The van der Waals surface area contributed by atoms with E-state index in [2.05, 4.69) is 22.6 Å². The minimum absolute atomic E-state index is 0.102. The largest absolute Gasteiger partial charge is 0.493 e. The van der Waals surface area contributed by atoms with Crippen molar-refractivity contribution < 1.29 is 23.8 Å². The van der Waals surface area contributed by atoms with Crippen molar-refractivity contribution in [1.82, 2.24) is 5.32 Å². The maximum absolute atomic E-state index is 11.7. The van der Waals surface area contributed by atoms with Gasteiger partial charge < -0.3 is 25.3 Å². The molecule has 3 N–H and O–H groups in total. The molecule has 174 valence electrons. The minimum atomic E-state index is -0.725. The summed E-state index contributed by atoms with van der Waals surface area (Å²) in [5.74, 6) is 2.59. The van der Waals surface area contributed by atoms with Crippen LogP contribution in [-0.2, 0) is 27.0 Å². The number of hydrogen-bond donors (Lipinski definition) is 2. The van der Waals surface area contributed by atoms with Crippen LogP contribution in [-0.4, -0.2) is 50.1 Å². The molecular formula is C22H41N2O5S+. The Bertz CT molecular complexity index is 616. The van der Waals surface area contributed by atoms with Gasteiger partial charge in [-0.15, -0.1) is 0 Å². The Morgan fingerprint density at radius 3 is 2.03 bits per heavy atom. The van der Waals surface area contributed by atoms with Gasteiger partial charge >= 0.3 is 6.09 Å². The zero-order valence-electron chi connectivity index (χ0n) is 20.1. The highest BCUT2D eigenvalue weighted by molar-refractivity contribution is 7.95. The van der Waals surface area contributed by atoms with Gasteiger partial charge in [0.05, 0.1) is 26.7 Å². The molecule has 0 aliphatic carbocycles. The van der Waals surface area contributed by atoms with Crippen LogP contribution in [0.2, 0.25) is 0 Å². The second kappa shape index (κ2) is 16.7. The lowest BCUT2D eigenvalue weighted by Gasteiger charge is -2.16. The number of benzene rings is 1. The monoisotopic (exact) mass is 445 g/mol. The summed E-state index contributed by atoms with van der Waals surface area (Å²) in [5, 5.41) is 2.93. The van der Waals surface area contributed by atoms with Gasteiger partial charge in [-0.3, -0.25) is 4.79 Å². The number of carbonyl (C=O) groups is 2. The molecule has 7 nitrogen and oxygen atoms in total. The molecule has 0 aliphatic rings. The topological polar surface area (TPSA) is 99.9 Å². The first-order chi connectivity index (χ1) is 14.0. The molecule has 2 amide bonds. The quantitative estimate of drug-likeness (QED) is 0.592. The summed E-state index contributed by atoms with van der Waals surface area (Å²) >= 11 is 0. The van der Waals surface area contributed by atoms with Gasteiger partial charge in [0.2, 0.25) is 5.91 Å². The van der Waals surface area contributed by atoms with E-state index >= 15 is 0 Å². The van der Waals surface area contributed by atoms with Crippen molar-refractivity contribution in [2.45, 2.75) is 59.6 Å². The molecule has 0 saturated heterocycles. The van der Waals surface area contributed by atoms with Gasteiger partial charge in [0.25, 0.3) is 0 Å². The smallest absolute Gasteiger partial charge is 0.405 e. The van der Waals surface area contributed by atoms with E-state index in [0.29, 0.717) is 35.4 Å². The van der Waals surface area contributed by atoms with Crippen molar-refractivity contribution in [2.24, 2.45) is 5.73 Å². The summed E-state index contributed by atoms with van der Waals surface area (Å²) in [6.45, 7) is 9.80. The first-order valence-corrected chi connectivity index (χ1v) is 12.2. The van der Waals surface area contributed by atoms with E-state index in [-0.39, 0.29) is 5.91 Å². The van der Waals surface area contributed by atoms with E-state index < -0.39 is 11.7 Å². The predicted molar refractivity (Wildman–Crippen MR) is 126 cm³/mol. The van der Waals surface area contributed by atoms with Gasteiger partial charge in [-0.25, -0.2) is 4.79 Å². The maximum atomic E-state index is 11.7. The zero-order valence-corrected chi connectivity index (χ0v) is 20.9. The third kappa shape index (κ3) is 16.8. The zero-order chi connectivity index (χ0) is 23.7. The molecule has 0 heterocycles. The van der Waals surface area contributed by atoms with Gasteiger partial charge in [-0.2, -0.15) is 0 Å². The summed E-state index contributed by atoms with van der Waals surface area (Å²) < 4.78 is 15.0. The maximum Gasteiger partial charge on any atom is 0.405 e. The van der Waals surface area contributed by atoms with Gasteiger partial charge in [0.15, 0.2) is 11.5 Å². The summed E-state index contributed by atoms with van der Waals surface area (Å²) in [4.78, 5) is 21.7. The number of carbonyl (C=O) groups excluding carboxylic acids is 2. The van der Waals surface area contributed by atoms with Crippen LogP contribution >= 0.6 is 0 Å². The lowest BCUT2D eigenvalue weighted by molar-refractivity contribution is -0.121. The molecule has 0 aliphatic heterocycles. The predicted octanol–water partition coefficient (Wildman–Crippen LogP) is 3.88. The van der Waals surface area contributed by atoms with E-state index in [1.54, 1.807) is 35.0 Å². The molecule has 0 fully saturated rings. The molecule has 0 unspecified atom stereocenters. The van der Waals surface area contributed by atoms with Crippen LogP contribution in [0.15, 0.2) is 18.2 Å². The molecule has 1 aromatic rings. The molecule has 1 rings (SSSR count). The number of methoxy groups -OCH3 is 2. The Labute approximate surface area is 185 Å². The van der Waals surface area contributed by atoms with E-state index in [4.69, 9.17) is 15.2 Å². The van der Waals surface area contributed by atoms with Crippen LogP contribution in [0, 0.1) is 0 Å². The second-order valence-corrected chi connectivity index (χ2v) is 9.67. The summed E-state index contributed by atoms with van der Waals surface area (Å²) in [6.07, 6.45) is 5.22. The van der Waals surface area contributed by atoms with Crippen molar-refractivity contribution >= 4 is 22.9 Å². The highest BCUT2D eigenvalue weighted by Gasteiger charge is 2.12. The van der Waals surface area contributed by atoms with Gasteiger partial charge in [0, 0.05) is 19.4 Å². The van der Waals surface area contributed by atoms with Crippen LogP contribution in [0.3, 0.4) is 0 Å². The van der Waals surface area contributed by atoms with Crippen molar-refractivity contribution in [3.63, 3.8) is 0 Å². The van der Waals surface area contributed by atoms with Crippen LogP contribution < -0.4 is 20.5 Å². The number of amides is 2. The van der Waals surface area contributed by atoms with Crippen LogP contribution in [0.1, 0.15) is 53.0 Å². The van der Waals surface area contributed by atoms with Crippen molar-refractivity contribution in [1.29, 1.82) is 0 Å². The second-order valence-electron chi connectivity index (χ2n) is 7.29. The summed E-state index contributed by atoms with van der Waals surface area (Å²) in [7, 11) is 3.62. The highest BCUT2D eigenvalue weighted by atomic mass is 32.2. The summed E-state index contributed by atoms with van der Waals surface area (Å²) in [6, 6.07) is 5.66. The molecular weight excluding hydrogens is 404 g/mol. The van der Waals surface area contributed by atoms with Crippen molar-refractivity contribution in [3.8, 4) is 11.5 Å². The normalized spacial score (nSPS) is 10.1. The number of primary amides is 1. The van der Waals surface area contributed by atoms with Gasteiger partial charge in [-0.05, 0) is 49.4 Å². The Balaban J connectivity index is 0. The molecule has 0 spiro atoms. The van der Waals surface area contributed by atoms with Gasteiger partial charge in [0.1, 0.15) is 11.4 Å². The first-order valence-electron chi connectivity index (χ1n) is 9.98. The van der Waals surface area contributed by atoms with E-state index in [9.17, 15) is 9.59 Å². The standard InChI is InChI=1S/C15H23NO3S.C5H11NO2.C2H6/c1-18-13-8-7-12(10-14(13)19-2)11-16-15(17)6-5-9-20(3)4;1-5(2,3)8-4(6)7;1-2/h7-8,10H,5-6,9,11H2,1-4H3;1-3H3,(H2,6,7);1-2H3/p+1. The number of nitrogens with two attached hydrogens (primary N) is 1. The Hall–Kier alpha value is -2.09. The Morgan fingerprint density at radius 1 is 1.07 bits per heavy atom. The molecule has 8 heteroatoms. The minimum Gasteiger partial charge on any atom is -0.493 e. The molecule has 0 aromatic heterocycles. The average molecular weight is 446 g/mol. The highest BCUT2D eigenvalue weighted by Crippen LogP contribution is 2.27. The Morgan fingerprint density at radius 2 is 1.63 bits per heavy atom. The number of rotatable bonds is 8. The molecule has 0 atom stereocenters. The van der Waals surface area contributed by atoms with Crippen LogP contribution in [0.25, 0.3) is 0 Å². The Kier molecular flexibility index (Phi) is 16.7. The number of nitrogens with one attached hydrogen (secondary N) is 1. The van der Waals surface area contributed by atoms with E-state index in [1.165, 1.54) is 0 Å². The van der Waals surface area contributed by atoms with E-state index in [1.807, 2.05) is 32.0 Å². The fourth-order valence-electron chi connectivity index (χ4n) is 2.10. The van der Waals surface area contributed by atoms with Gasteiger partial charge in [-0.1, -0.05) is 19.9 Å². The van der Waals surface area contributed by atoms with E-state index in [0.717, 1.165) is 17.7 Å². The third-order valence-corrected chi connectivity index (χ3v) is 4.41. The average Bonchev–Trinajstić information content (AvgIpc) is 2.66. The SMILES string of the molecule is CC.CC(C)(C)OC(N)=O.COc1ccc(CNC(=O)CCC[S+](C)C)cc1OC. The molecule has 0 bridgehead atoms. The fourth-order valence-corrected chi connectivity index (χ4v) is 2.82. The third-order valence-electron chi connectivity index (χ3n) is 3.30. The number of ether oxygens (including phenoxy) is 3. The fraction of sp³-hybridized carbons (Fsp3) is 0.636. The molecule has 1 aromatic carbocycles. The molecule has 0 radical (unpaired) electrons. The number of hydrogen-bond acceptors (Lipinski definition) is 5. The van der Waals surface area contributed by atoms with Crippen molar-refractivity contribution in [3.05, 3.63) is 23.8 Å². The first kappa shape index (κ1) is 30.1. The van der Waals surface area contributed by atoms with Crippen LogP contribution in [0.4, 0.5) is 4.79 Å².